The van der Waals surface area contributed by atoms with Crippen LogP contribution in [0, 0.1) is 0 Å². The van der Waals surface area contributed by atoms with Crippen molar-refractivity contribution < 1.29 is 18.3 Å². The zero-order chi connectivity index (χ0) is 22.6. The molecule has 0 radical (unpaired) electrons. The number of aliphatic hydroxyl groups is 1. The molecule has 0 unspecified atom stereocenters. The molecule has 2 N–H and O–H groups in total. The van der Waals surface area contributed by atoms with Gasteiger partial charge in [-0.1, -0.05) is 41.9 Å². The Bertz CT molecular complexity index is 1520. The van der Waals surface area contributed by atoms with Gasteiger partial charge in [-0.05, 0) is 18.2 Å². The number of hydrogen-bond acceptors (Lipinski definition) is 7. The van der Waals surface area contributed by atoms with Crippen molar-refractivity contribution in [2.45, 2.75) is 4.90 Å². The monoisotopic (exact) mass is 503 g/mol. The molecule has 0 bridgehead atoms. The van der Waals surface area contributed by atoms with Crippen molar-refractivity contribution in [3.63, 3.8) is 0 Å². The number of benzene rings is 2. The van der Waals surface area contributed by atoms with E-state index >= 15 is 0 Å². The number of likely N-dealkylation sites (N-methyl/N-ethyl adjacent to an activating group) is 1. The molecule has 4 aromatic rings. The van der Waals surface area contributed by atoms with Crippen molar-refractivity contribution in [1.82, 2.24) is 9.29 Å². The van der Waals surface area contributed by atoms with Gasteiger partial charge in [-0.2, -0.15) is 0 Å². The van der Waals surface area contributed by atoms with E-state index < -0.39 is 15.9 Å². The predicted molar refractivity (Wildman–Crippen MR) is 128 cm³/mol. The minimum Gasteiger partial charge on any atom is -0.504 e. The quantitative estimate of drug-likeness (QED) is 0.401. The number of halogens is 1. The van der Waals surface area contributed by atoms with Crippen molar-refractivity contribution in [1.29, 1.82) is 0 Å². The summed E-state index contributed by atoms with van der Waals surface area (Å²) in [6, 6.07) is 14.1. The summed E-state index contributed by atoms with van der Waals surface area (Å²) in [5, 5.41) is 16.6. The minimum atomic E-state index is -4.03. The fourth-order valence-corrected chi connectivity index (χ4v) is 7.30. The lowest BCUT2D eigenvalue weighted by Crippen LogP contribution is -2.36. The molecular formula is C21H14ClN3O4S3. The van der Waals surface area contributed by atoms with Crippen LogP contribution >= 0.6 is 34.3 Å². The van der Waals surface area contributed by atoms with Gasteiger partial charge in [0.25, 0.3) is 15.9 Å². The van der Waals surface area contributed by atoms with Crippen LogP contribution < -0.4 is 5.32 Å². The number of rotatable bonds is 3. The number of thiophene rings is 1. The second-order valence-corrected chi connectivity index (χ2v) is 11.2. The highest BCUT2D eigenvalue weighted by molar-refractivity contribution is 7.89. The van der Waals surface area contributed by atoms with Gasteiger partial charge in [0.05, 0.1) is 10.6 Å². The Balaban J connectivity index is 1.52. The molecule has 5 rings (SSSR count). The molecule has 1 aliphatic rings. The Kier molecular flexibility index (Phi) is 4.97. The molecule has 0 saturated carbocycles. The molecule has 0 aliphatic carbocycles. The number of aliphatic hydroxyl groups excluding tert-OH is 1. The standard InChI is InChI=1S/C21H14ClN3O4S3/c1-25-16(17(26)18-19(32(25,28)29)13-4-2-3-5-15(13)31-18)20(27)24-21-23-14(10-30-21)11-6-8-12(22)9-7-11/h2-10,26H,1H3,(H,23,24,27). The van der Waals surface area contributed by atoms with E-state index in [0.717, 1.165) is 21.2 Å². The average molecular weight is 504 g/mol. The van der Waals surface area contributed by atoms with Crippen LogP contribution in [0.1, 0.15) is 4.88 Å². The zero-order valence-corrected chi connectivity index (χ0v) is 19.6. The van der Waals surface area contributed by atoms with Crippen LogP contribution in [-0.2, 0) is 14.8 Å². The molecule has 32 heavy (non-hydrogen) atoms. The van der Waals surface area contributed by atoms with E-state index in [4.69, 9.17) is 11.6 Å². The first-order valence-corrected chi connectivity index (χ1v) is 12.8. The van der Waals surface area contributed by atoms with Crippen LogP contribution in [0.5, 0.6) is 0 Å². The van der Waals surface area contributed by atoms with E-state index in [1.165, 1.54) is 18.4 Å². The Morgan fingerprint density at radius 1 is 1.16 bits per heavy atom. The highest BCUT2D eigenvalue weighted by Gasteiger charge is 2.41. The van der Waals surface area contributed by atoms with Crippen LogP contribution in [0.15, 0.2) is 64.5 Å². The zero-order valence-electron chi connectivity index (χ0n) is 16.4. The maximum atomic E-state index is 13.2. The van der Waals surface area contributed by atoms with E-state index in [1.54, 1.807) is 41.8 Å². The van der Waals surface area contributed by atoms with Crippen molar-refractivity contribution in [3.05, 3.63) is 69.5 Å². The predicted octanol–water partition coefficient (Wildman–Crippen LogP) is 5.18. The first-order chi connectivity index (χ1) is 15.3. The molecule has 0 atom stereocenters. The van der Waals surface area contributed by atoms with Gasteiger partial charge < -0.3 is 5.11 Å². The lowest BCUT2D eigenvalue weighted by atomic mass is 10.2. The minimum absolute atomic E-state index is 0.00826. The van der Waals surface area contributed by atoms with Gasteiger partial charge >= 0.3 is 0 Å². The van der Waals surface area contributed by atoms with Gasteiger partial charge in [-0.3, -0.25) is 14.4 Å². The Morgan fingerprint density at radius 3 is 2.62 bits per heavy atom. The first-order valence-electron chi connectivity index (χ1n) is 9.24. The van der Waals surface area contributed by atoms with E-state index in [2.05, 4.69) is 10.3 Å². The molecule has 1 amide bonds. The maximum absolute atomic E-state index is 13.2. The topological polar surface area (TPSA) is 99.6 Å². The summed E-state index contributed by atoms with van der Waals surface area (Å²) in [5.41, 5.74) is 1.10. The molecule has 162 valence electrons. The highest BCUT2D eigenvalue weighted by atomic mass is 35.5. The number of aromatic nitrogens is 1. The number of nitrogens with zero attached hydrogens (tertiary/aromatic N) is 2. The number of thiazole rings is 1. The molecule has 7 nitrogen and oxygen atoms in total. The second kappa shape index (κ2) is 7.59. The normalized spacial score (nSPS) is 15.1. The van der Waals surface area contributed by atoms with E-state index in [-0.39, 0.29) is 26.4 Å². The molecule has 1 aliphatic heterocycles. The van der Waals surface area contributed by atoms with Crippen LogP contribution in [0.25, 0.3) is 27.1 Å². The van der Waals surface area contributed by atoms with Crippen molar-refractivity contribution >= 4 is 71.2 Å². The lowest BCUT2D eigenvalue weighted by Gasteiger charge is -2.26. The lowest BCUT2D eigenvalue weighted by molar-refractivity contribution is -0.113. The van der Waals surface area contributed by atoms with Gasteiger partial charge in [0.15, 0.2) is 16.6 Å². The van der Waals surface area contributed by atoms with E-state index in [9.17, 15) is 18.3 Å². The summed E-state index contributed by atoms with van der Waals surface area (Å²) in [6.07, 6.45) is 0. The average Bonchev–Trinajstić information content (AvgIpc) is 3.38. The van der Waals surface area contributed by atoms with Crippen LogP contribution in [0.4, 0.5) is 5.13 Å². The molecule has 2 aromatic carbocycles. The van der Waals surface area contributed by atoms with Crippen LogP contribution in [0.2, 0.25) is 5.02 Å². The summed E-state index contributed by atoms with van der Waals surface area (Å²) >= 11 is 8.23. The fourth-order valence-electron chi connectivity index (χ4n) is 3.44. The smallest absolute Gasteiger partial charge is 0.278 e. The number of fused-ring (bicyclic) bond motifs is 3. The summed E-state index contributed by atoms with van der Waals surface area (Å²) < 4.78 is 27.9. The third-order valence-electron chi connectivity index (χ3n) is 5.00. The number of sulfonamides is 1. The summed E-state index contributed by atoms with van der Waals surface area (Å²) in [7, 11) is -2.78. The van der Waals surface area contributed by atoms with Gasteiger partial charge in [0, 0.05) is 33.1 Å². The number of nitrogens with one attached hydrogen (secondary N) is 1. The molecule has 11 heteroatoms. The molecule has 0 saturated heterocycles. The Morgan fingerprint density at radius 2 is 1.88 bits per heavy atom. The van der Waals surface area contributed by atoms with Gasteiger partial charge in [-0.15, -0.1) is 22.7 Å². The molecule has 3 heterocycles. The van der Waals surface area contributed by atoms with Gasteiger partial charge in [-0.25, -0.2) is 13.4 Å². The second-order valence-electron chi connectivity index (χ2n) is 6.93. The van der Waals surface area contributed by atoms with E-state index in [1.807, 2.05) is 12.1 Å². The number of carbonyl (C=O) groups excluding carboxylic acids is 1. The Hall–Kier alpha value is -2.92. The molecule has 0 fully saturated rings. The number of anilines is 1. The highest BCUT2D eigenvalue weighted by Crippen LogP contribution is 2.44. The fraction of sp³-hybridized carbons (Fsp3) is 0.0476. The summed E-state index contributed by atoms with van der Waals surface area (Å²) in [6.45, 7) is 0. The Labute approximate surface area is 196 Å². The molecular weight excluding hydrogens is 490 g/mol. The molecule has 2 aromatic heterocycles. The van der Waals surface area contributed by atoms with Crippen LogP contribution in [0.3, 0.4) is 0 Å². The van der Waals surface area contributed by atoms with E-state index in [0.29, 0.717) is 20.8 Å². The molecule has 0 spiro atoms. The summed E-state index contributed by atoms with van der Waals surface area (Å²) in [4.78, 5) is 17.6. The third kappa shape index (κ3) is 3.27. The maximum Gasteiger partial charge on any atom is 0.278 e. The van der Waals surface area contributed by atoms with Crippen molar-refractivity contribution in [3.8, 4) is 11.3 Å². The van der Waals surface area contributed by atoms with Crippen molar-refractivity contribution in [2.75, 3.05) is 12.4 Å². The number of amides is 1. The third-order valence-corrected chi connectivity index (χ3v) is 9.16. The van der Waals surface area contributed by atoms with Gasteiger partial charge in [0.2, 0.25) is 0 Å². The summed E-state index contributed by atoms with van der Waals surface area (Å²) in [5.74, 6) is -1.15. The van der Waals surface area contributed by atoms with Gasteiger partial charge in [0.1, 0.15) is 4.90 Å². The van der Waals surface area contributed by atoms with Crippen LogP contribution in [-0.4, -0.2) is 35.8 Å². The number of hydrogen-bond donors (Lipinski definition) is 2. The number of carbonyl (C=O) groups is 1. The van der Waals surface area contributed by atoms with Crippen molar-refractivity contribution in [2.24, 2.45) is 0 Å². The SMILES string of the molecule is CN1C(C(=O)Nc2nc(-c3ccc(Cl)cc3)cs2)=C(O)c2sc3ccccc3c2S1(=O)=O. The first kappa shape index (κ1) is 21.0. The largest absolute Gasteiger partial charge is 0.504 e.